The number of allylic oxidation sites excluding steroid dienone is 4. The van der Waals surface area contributed by atoms with Crippen LogP contribution in [0.25, 0.3) is 0 Å². The fourth-order valence-electron chi connectivity index (χ4n) is 1.07. The Morgan fingerprint density at radius 3 is 1.93 bits per heavy atom. The number of rotatable bonds is 4. The van der Waals surface area contributed by atoms with Gasteiger partial charge in [-0.15, -0.1) is 0 Å². The molecular weight excluding hydrogens is 190 g/mol. The van der Waals surface area contributed by atoms with E-state index >= 15 is 0 Å². The van der Waals surface area contributed by atoms with Crippen LogP contribution in [0.5, 0.6) is 0 Å². The maximum Gasteiger partial charge on any atom is 0.254 e. The Balaban J connectivity index is 5.43. The molecule has 0 atom stereocenters. The Kier molecular flexibility index (Phi) is 6.02. The molecular formula is C12H17NO2. The number of hydrogen-bond acceptors (Lipinski definition) is 2. The van der Waals surface area contributed by atoms with Gasteiger partial charge in [-0.25, -0.2) is 0 Å². The number of carbonyl (C=O) groups is 2. The van der Waals surface area contributed by atoms with Gasteiger partial charge >= 0.3 is 0 Å². The molecule has 0 unspecified atom stereocenters. The highest BCUT2D eigenvalue weighted by atomic mass is 16.2. The predicted molar refractivity (Wildman–Crippen MR) is 61.4 cm³/mol. The fourth-order valence-corrected chi connectivity index (χ4v) is 1.07. The van der Waals surface area contributed by atoms with Crippen molar-refractivity contribution in [3.63, 3.8) is 0 Å². The molecule has 0 fully saturated rings. The molecule has 0 saturated carbocycles. The molecule has 0 aromatic carbocycles. The van der Waals surface area contributed by atoms with Crippen LogP contribution in [-0.2, 0) is 9.59 Å². The number of amides is 1. The molecule has 0 heterocycles. The second-order valence-electron chi connectivity index (χ2n) is 3.19. The average molecular weight is 207 g/mol. The zero-order valence-corrected chi connectivity index (χ0v) is 9.65. The van der Waals surface area contributed by atoms with Gasteiger partial charge in [-0.1, -0.05) is 24.3 Å². The Bertz CT molecular complexity index is 323. The van der Waals surface area contributed by atoms with Crippen molar-refractivity contribution in [2.24, 2.45) is 0 Å². The molecule has 0 aromatic heterocycles. The number of likely N-dealkylation sites (N-methyl/N-ethyl adjacent to an activating group) is 1. The molecule has 0 spiro atoms. The van der Waals surface area contributed by atoms with Gasteiger partial charge in [0, 0.05) is 25.2 Å². The molecule has 0 aliphatic heterocycles. The topological polar surface area (TPSA) is 37.4 Å². The smallest absolute Gasteiger partial charge is 0.254 e. The van der Waals surface area contributed by atoms with Gasteiger partial charge < -0.3 is 4.90 Å². The summed E-state index contributed by atoms with van der Waals surface area (Å²) in [7, 11) is 3.31. The lowest BCUT2D eigenvalue weighted by atomic mass is 10.1. The first kappa shape index (κ1) is 13.4. The maximum atomic E-state index is 11.7. The van der Waals surface area contributed by atoms with Gasteiger partial charge in [-0.3, -0.25) is 9.59 Å². The van der Waals surface area contributed by atoms with E-state index in [9.17, 15) is 9.59 Å². The highest BCUT2D eigenvalue weighted by molar-refractivity contribution is 6.02. The third-order valence-corrected chi connectivity index (χ3v) is 1.75. The van der Waals surface area contributed by atoms with Crippen LogP contribution in [0.4, 0.5) is 0 Å². The van der Waals surface area contributed by atoms with Crippen LogP contribution in [0.2, 0.25) is 0 Å². The van der Waals surface area contributed by atoms with Crippen LogP contribution >= 0.6 is 0 Å². The summed E-state index contributed by atoms with van der Waals surface area (Å²) in [6, 6.07) is 0. The lowest BCUT2D eigenvalue weighted by molar-refractivity contribution is -0.124. The summed E-state index contributed by atoms with van der Waals surface area (Å²) in [5.74, 6) is -0.173. The van der Waals surface area contributed by atoms with Crippen molar-refractivity contribution in [2.45, 2.75) is 13.8 Å². The van der Waals surface area contributed by atoms with Crippen molar-refractivity contribution in [1.29, 1.82) is 0 Å². The van der Waals surface area contributed by atoms with Crippen molar-refractivity contribution in [3.05, 3.63) is 35.5 Å². The lowest BCUT2D eigenvalue weighted by Crippen LogP contribution is -2.23. The van der Waals surface area contributed by atoms with E-state index in [0.717, 1.165) is 0 Å². The third kappa shape index (κ3) is 3.94. The molecule has 15 heavy (non-hydrogen) atoms. The zero-order chi connectivity index (χ0) is 11.8. The molecule has 0 saturated heterocycles. The molecule has 0 rings (SSSR count). The molecule has 3 nitrogen and oxygen atoms in total. The molecule has 0 aromatic rings. The van der Waals surface area contributed by atoms with Crippen LogP contribution < -0.4 is 0 Å². The first-order valence-corrected chi connectivity index (χ1v) is 4.75. The first-order chi connectivity index (χ1) is 7.08. The van der Waals surface area contributed by atoms with E-state index < -0.39 is 0 Å². The molecule has 0 radical (unpaired) electrons. The summed E-state index contributed by atoms with van der Waals surface area (Å²) in [6.45, 7) is 3.61. The van der Waals surface area contributed by atoms with Crippen LogP contribution in [0, 0.1) is 0 Å². The summed E-state index contributed by atoms with van der Waals surface area (Å²) in [5, 5.41) is 0. The van der Waals surface area contributed by atoms with Crippen LogP contribution in [-0.4, -0.2) is 31.2 Å². The second-order valence-corrected chi connectivity index (χ2v) is 3.19. The van der Waals surface area contributed by atoms with Crippen molar-refractivity contribution in [2.75, 3.05) is 14.1 Å². The number of nitrogens with zero attached hydrogens (tertiary/aromatic N) is 1. The van der Waals surface area contributed by atoms with Crippen molar-refractivity contribution in [1.82, 2.24) is 4.90 Å². The molecule has 1 amide bonds. The van der Waals surface area contributed by atoms with Gasteiger partial charge in [0.25, 0.3) is 5.91 Å². The van der Waals surface area contributed by atoms with Crippen molar-refractivity contribution < 1.29 is 9.59 Å². The van der Waals surface area contributed by atoms with Gasteiger partial charge in [-0.05, 0) is 13.8 Å². The standard InChI is InChI=1S/C12H17NO2/c1-5-7-10(9-14)11(8-6-2)12(15)13(3)4/h5-9H,1-4H3/b7-5-,8-6-,11-10-. The highest BCUT2D eigenvalue weighted by Crippen LogP contribution is 2.09. The fraction of sp³-hybridized carbons (Fsp3) is 0.333. The van der Waals surface area contributed by atoms with Gasteiger partial charge in [0.05, 0.1) is 0 Å². The Morgan fingerprint density at radius 1 is 1.07 bits per heavy atom. The van der Waals surface area contributed by atoms with Crippen LogP contribution in [0.1, 0.15) is 13.8 Å². The molecule has 0 aliphatic rings. The minimum Gasteiger partial charge on any atom is -0.345 e. The van der Waals surface area contributed by atoms with E-state index in [1.807, 2.05) is 0 Å². The van der Waals surface area contributed by atoms with E-state index in [1.54, 1.807) is 52.2 Å². The molecule has 0 N–H and O–H groups in total. The summed E-state index contributed by atoms with van der Waals surface area (Å²) < 4.78 is 0. The maximum absolute atomic E-state index is 11.7. The van der Waals surface area contributed by atoms with Crippen LogP contribution in [0.3, 0.4) is 0 Å². The van der Waals surface area contributed by atoms with Gasteiger partial charge in [0.2, 0.25) is 0 Å². The van der Waals surface area contributed by atoms with Crippen LogP contribution in [0.15, 0.2) is 35.5 Å². The average Bonchev–Trinajstić information content (AvgIpc) is 2.22. The summed E-state index contributed by atoms with van der Waals surface area (Å²) >= 11 is 0. The van der Waals surface area contributed by atoms with Crippen molar-refractivity contribution in [3.8, 4) is 0 Å². The summed E-state index contributed by atoms with van der Waals surface area (Å²) in [6.07, 6.45) is 7.44. The minimum absolute atomic E-state index is 0.173. The molecule has 82 valence electrons. The number of aldehydes is 1. The van der Waals surface area contributed by atoms with E-state index in [1.165, 1.54) is 4.90 Å². The lowest BCUT2D eigenvalue weighted by Gasteiger charge is -2.11. The number of hydrogen-bond donors (Lipinski definition) is 0. The Morgan fingerprint density at radius 2 is 1.60 bits per heavy atom. The minimum atomic E-state index is -0.173. The Hall–Kier alpha value is -1.64. The normalized spacial score (nSPS) is 13.1. The van der Waals surface area contributed by atoms with Gasteiger partial charge in [-0.2, -0.15) is 0 Å². The molecule has 0 bridgehead atoms. The highest BCUT2D eigenvalue weighted by Gasteiger charge is 2.12. The van der Waals surface area contributed by atoms with E-state index in [0.29, 0.717) is 17.4 Å². The SMILES string of the molecule is C\C=C/C(C=O)=C(\C=C/C)C(=O)N(C)C. The Labute approximate surface area is 90.8 Å². The number of carbonyl (C=O) groups excluding carboxylic acids is 2. The molecule has 0 aliphatic carbocycles. The van der Waals surface area contributed by atoms with Gasteiger partial charge in [0.15, 0.2) is 6.29 Å². The van der Waals surface area contributed by atoms with Crippen molar-refractivity contribution >= 4 is 12.2 Å². The summed E-state index contributed by atoms with van der Waals surface area (Å²) in [4.78, 5) is 24.0. The largest absolute Gasteiger partial charge is 0.345 e. The monoisotopic (exact) mass is 207 g/mol. The van der Waals surface area contributed by atoms with E-state index in [-0.39, 0.29) is 5.91 Å². The molecule has 3 heteroatoms. The van der Waals surface area contributed by atoms with E-state index in [4.69, 9.17) is 0 Å². The van der Waals surface area contributed by atoms with Gasteiger partial charge in [0.1, 0.15) is 0 Å². The zero-order valence-electron chi connectivity index (χ0n) is 9.65. The first-order valence-electron chi connectivity index (χ1n) is 4.75. The summed E-state index contributed by atoms with van der Waals surface area (Å²) in [5.41, 5.74) is 0.810. The quantitative estimate of drug-likeness (QED) is 0.400. The second kappa shape index (κ2) is 6.76. The third-order valence-electron chi connectivity index (χ3n) is 1.75. The van der Waals surface area contributed by atoms with E-state index in [2.05, 4.69) is 0 Å². The predicted octanol–water partition coefficient (Wildman–Crippen LogP) is 1.72.